The molecule has 4 rings (SSSR count). The second-order valence-corrected chi connectivity index (χ2v) is 5.92. The Morgan fingerprint density at radius 2 is 2.28 bits per heavy atom. The summed E-state index contributed by atoms with van der Waals surface area (Å²) < 4.78 is 32.0. The summed E-state index contributed by atoms with van der Waals surface area (Å²) in [7, 11) is 1.55. The lowest BCUT2D eigenvalue weighted by Crippen LogP contribution is -2.16. The van der Waals surface area contributed by atoms with Crippen molar-refractivity contribution in [2.24, 2.45) is 0 Å². The summed E-state index contributed by atoms with van der Waals surface area (Å²) in [6, 6.07) is 6.18. The lowest BCUT2D eigenvalue weighted by molar-refractivity contribution is 0.0681. The molecule has 0 amide bonds. The highest BCUT2D eigenvalue weighted by atomic mass is 19.1. The van der Waals surface area contributed by atoms with Gasteiger partial charge in [0.2, 0.25) is 5.88 Å². The molecular weight excluding hydrogens is 325 g/mol. The van der Waals surface area contributed by atoms with Gasteiger partial charge in [-0.05, 0) is 31.0 Å². The second-order valence-electron chi connectivity index (χ2n) is 5.92. The molecule has 0 spiro atoms. The maximum atomic E-state index is 13.8. The summed E-state index contributed by atoms with van der Waals surface area (Å²) in [5, 5.41) is 4.26. The summed E-state index contributed by atoms with van der Waals surface area (Å²) in [6.45, 7) is 1.22. The number of aromatic nitrogens is 3. The number of hydrogen-bond acceptors (Lipinski definition) is 5. The first-order valence-corrected chi connectivity index (χ1v) is 8.16. The van der Waals surface area contributed by atoms with Gasteiger partial charge in [-0.3, -0.25) is 0 Å². The summed E-state index contributed by atoms with van der Waals surface area (Å²) in [5.41, 5.74) is 1.99. The van der Waals surface area contributed by atoms with Crippen molar-refractivity contribution in [1.82, 2.24) is 14.6 Å². The smallest absolute Gasteiger partial charge is 0.235 e. The summed E-state index contributed by atoms with van der Waals surface area (Å²) in [5.74, 6) is 0.730. The van der Waals surface area contributed by atoms with Crippen molar-refractivity contribution in [1.29, 1.82) is 0 Å². The van der Waals surface area contributed by atoms with Crippen molar-refractivity contribution >= 4 is 5.65 Å². The van der Waals surface area contributed by atoms with E-state index in [0.29, 0.717) is 35.0 Å². The minimum Gasteiger partial charge on any atom is -0.490 e. The first kappa shape index (κ1) is 15.8. The maximum Gasteiger partial charge on any atom is 0.235 e. The van der Waals surface area contributed by atoms with Gasteiger partial charge in [0.1, 0.15) is 18.2 Å². The standard InChI is InChI=1S/C18H18FN3O3/c1-23-18-8-17-20-9-12(10-22(17)21-18)15-7-13(19)4-5-16(15)25-11-14-3-2-6-24-14/h4-5,7-10,14H,2-3,6,11H2,1H3. The summed E-state index contributed by atoms with van der Waals surface area (Å²) >= 11 is 0. The zero-order chi connectivity index (χ0) is 17.2. The molecular formula is C18H18FN3O3. The highest BCUT2D eigenvalue weighted by Gasteiger charge is 2.18. The number of benzene rings is 1. The van der Waals surface area contributed by atoms with Gasteiger partial charge >= 0.3 is 0 Å². The van der Waals surface area contributed by atoms with E-state index in [1.54, 1.807) is 36.2 Å². The van der Waals surface area contributed by atoms with Crippen LogP contribution in [0.4, 0.5) is 4.39 Å². The van der Waals surface area contributed by atoms with Crippen LogP contribution in [0.2, 0.25) is 0 Å². The molecule has 1 saturated heterocycles. The van der Waals surface area contributed by atoms with E-state index in [1.807, 2.05) is 0 Å². The Kier molecular flexibility index (Phi) is 4.23. The fourth-order valence-corrected chi connectivity index (χ4v) is 2.91. The molecule has 2 aromatic heterocycles. The Balaban J connectivity index is 1.66. The van der Waals surface area contributed by atoms with Gasteiger partial charge in [0.25, 0.3) is 0 Å². The van der Waals surface area contributed by atoms with Crippen LogP contribution in [0.1, 0.15) is 12.8 Å². The first-order valence-electron chi connectivity index (χ1n) is 8.16. The molecule has 1 atom stereocenters. The van der Waals surface area contributed by atoms with Crippen molar-refractivity contribution in [3.63, 3.8) is 0 Å². The van der Waals surface area contributed by atoms with E-state index in [2.05, 4.69) is 10.1 Å². The topological polar surface area (TPSA) is 57.9 Å². The number of fused-ring (bicyclic) bond motifs is 1. The monoisotopic (exact) mass is 343 g/mol. The summed E-state index contributed by atoms with van der Waals surface area (Å²) in [6.07, 6.45) is 5.57. The molecule has 1 aliphatic heterocycles. The molecule has 1 aromatic carbocycles. The van der Waals surface area contributed by atoms with Crippen molar-refractivity contribution in [2.75, 3.05) is 20.3 Å². The fraction of sp³-hybridized carbons (Fsp3) is 0.333. The molecule has 3 aromatic rings. The van der Waals surface area contributed by atoms with Gasteiger partial charge < -0.3 is 14.2 Å². The number of halogens is 1. The molecule has 1 aliphatic rings. The highest BCUT2D eigenvalue weighted by molar-refractivity contribution is 5.70. The van der Waals surface area contributed by atoms with Crippen LogP contribution in [-0.2, 0) is 4.74 Å². The molecule has 7 heteroatoms. The van der Waals surface area contributed by atoms with E-state index < -0.39 is 0 Å². The predicted octanol–water partition coefficient (Wildman–Crippen LogP) is 3.10. The Labute approximate surface area is 144 Å². The molecule has 0 aliphatic carbocycles. The maximum absolute atomic E-state index is 13.8. The van der Waals surface area contributed by atoms with Crippen molar-refractivity contribution < 1.29 is 18.6 Å². The summed E-state index contributed by atoms with van der Waals surface area (Å²) in [4.78, 5) is 4.35. The van der Waals surface area contributed by atoms with E-state index in [0.717, 1.165) is 19.4 Å². The fourth-order valence-electron chi connectivity index (χ4n) is 2.91. The van der Waals surface area contributed by atoms with Gasteiger partial charge in [0, 0.05) is 36.2 Å². The molecule has 130 valence electrons. The van der Waals surface area contributed by atoms with Gasteiger partial charge in [0.05, 0.1) is 13.2 Å². The number of rotatable bonds is 5. The molecule has 0 saturated carbocycles. The third-order valence-electron chi connectivity index (χ3n) is 4.20. The minimum absolute atomic E-state index is 0.0916. The number of nitrogens with zero attached hydrogens (tertiary/aromatic N) is 3. The van der Waals surface area contributed by atoms with Gasteiger partial charge in [0.15, 0.2) is 5.65 Å². The molecule has 6 nitrogen and oxygen atoms in total. The van der Waals surface area contributed by atoms with Crippen molar-refractivity contribution in [3.8, 4) is 22.8 Å². The number of methoxy groups -OCH3 is 1. The molecule has 0 N–H and O–H groups in total. The quantitative estimate of drug-likeness (QED) is 0.712. The van der Waals surface area contributed by atoms with Crippen LogP contribution in [0.15, 0.2) is 36.7 Å². The van der Waals surface area contributed by atoms with E-state index in [1.165, 1.54) is 12.1 Å². The van der Waals surface area contributed by atoms with Crippen LogP contribution in [0.3, 0.4) is 0 Å². The average Bonchev–Trinajstić information content (AvgIpc) is 3.29. The normalized spacial score (nSPS) is 17.1. The SMILES string of the molecule is COc1cc2ncc(-c3cc(F)ccc3OCC3CCCO3)cn2n1. The molecule has 1 unspecified atom stereocenters. The molecule has 0 radical (unpaired) electrons. The Hall–Kier alpha value is -2.67. The van der Waals surface area contributed by atoms with Crippen LogP contribution in [0, 0.1) is 5.82 Å². The molecule has 1 fully saturated rings. The predicted molar refractivity (Wildman–Crippen MR) is 89.4 cm³/mol. The zero-order valence-corrected chi connectivity index (χ0v) is 13.8. The van der Waals surface area contributed by atoms with Crippen LogP contribution in [0.25, 0.3) is 16.8 Å². The Morgan fingerprint density at radius 1 is 1.36 bits per heavy atom. The minimum atomic E-state index is -0.336. The molecule has 0 bridgehead atoms. The van der Waals surface area contributed by atoms with Crippen LogP contribution in [-0.4, -0.2) is 41.0 Å². The van der Waals surface area contributed by atoms with Crippen molar-refractivity contribution in [2.45, 2.75) is 18.9 Å². The zero-order valence-electron chi connectivity index (χ0n) is 13.8. The van der Waals surface area contributed by atoms with Gasteiger partial charge in [-0.1, -0.05) is 0 Å². The largest absolute Gasteiger partial charge is 0.490 e. The van der Waals surface area contributed by atoms with Gasteiger partial charge in [-0.15, -0.1) is 5.10 Å². The first-order chi connectivity index (χ1) is 12.2. The van der Waals surface area contributed by atoms with Crippen LogP contribution in [0.5, 0.6) is 11.6 Å². The van der Waals surface area contributed by atoms with Crippen LogP contribution < -0.4 is 9.47 Å². The third-order valence-corrected chi connectivity index (χ3v) is 4.20. The van der Waals surface area contributed by atoms with E-state index >= 15 is 0 Å². The average molecular weight is 343 g/mol. The second kappa shape index (κ2) is 6.68. The van der Waals surface area contributed by atoms with E-state index in [-0.39, 0.29) is 11.9 Å². The van der Waals surface area contributed by atoms with E-state index in [9.17, 15) is 4.39 Å². The van der Waals surface area contributed by atoms with E-state index in [4.69, 9.17) is 14.2 Å². The van der Waals surface area contributed by atoms with Gasteiger partial charge in [-0.25, -0.2) is 13.9 Å². The van der Waals surface area contributed by atoms with Crippen LogP contribution >= 0.6 is 0 Å². The van der Waals surface area contributed by atoms with Gasteiger partial charge in [-0.2, -0.15) is 0 Å². The molecule has 25 heavy (non-hydrogen) atoms. The third kappa shape index (κ3) is 3.28. The number of ether oxygens (including phenoxy) is 3. The lowest BCUT2D eigenvalue weighted by Gasteiger charge is -2.15. The number of hydrogen-bond donors (Lipinski definition) is 0. The lowest BCUT2D eigenvalue weighted by atomic mass is 10.1. The Bertz CT molecular complexity index is 890. The Morgan fingerprint density at radius 3 is 3.08 bits per heavy atom. The molecule has 3 heterocycles. The van der Waals surface area contributed by atoms with Crippen molar-refractivity contribution in [3.05, 3.63) is 42.5 Å². The highest BCUT2D eigenvalue weighted by Crippen LogP contribution is 2.31.